The summed E-state index contributed by atoms with van der Waals surface area (Å²) in [6.45, 7) is 4.40. The number of carbonyl (C=O) groups is 2. The van der Waals surface area contributed by atoms with Gasteiger partial charge in [-0.3, -0.25) is 9.59 Å². The highest BCUT2D eigenvalue weighted by atomic mass is 16.5. The Morgan fingerprint density at radius 2 is 1.00 bits per heavy atom. The van der Waals surface area contributed by atoms with E-state index in [0.717, 1.165) is 83.5 Å². The number of rotatable bonds is 32. The van der Waals surface area contributed by atoms with E-state index in [9.17, 15) is 9.59 Å². The van der Waals surface area contributed by atoms with Crippen LogP contribution in [0.15, 0.2) is 36.5 Å². The summed E-state index contributed by atoms with van der Waals surface area (Å²) >= 11 is 0. The normalized spacial score (nSPS) is 12.6. The van der Waals surface area contributed by atoms with Gasteiger partial charge in [0, 0.05) is 12.8 Å². The van der Waals surface area contributed by atoms with Crippen molar-refractivity contribution in [3.8, 4) is 0 Å². The van der Waals surface area contributed by atoms with Gasteiger partial charge in [-0.1, -0.05) is 140 Å². The standard InChI is InChI=1S/C38H68O4/c1-3-5-7-9-10-11-12-13-14-15-16-17-18-19-20-21-22-27-31-35-38(41)42-36(32-28-24-8-6-4-2)33-29-25-23-26-30-34-37(39)40/h5,7,10-11,13-14,36H,3-4,6,8-9,12,15-35H2,1-2H3,(H,39,40)/b7-5-,11-10-,14-13-. The molecule has 0 aliphatic rings. The number of carboxylic acid groups (broad SMARTS) is 1. The lowest BCUT2D eigenvalue weighted by Gasteiger charge is -2.18. The average Bonchev–Trinajstić information content (AvgIpc) is 2.97. The number of esters is 1. The molecular formula is C38H68O4. The molecule has 0 radical (unpaired) electrons. The fourth-order valence-electron chi connectivity index (χ4n) is 5.26. The minimum Gasteiger partial charge on any atom is -0.481 e. The molecule has 244 valence electrons. The van der Waals surface area contributed by atoms with Crippen LogP contribution in [0, 0.1) is 0 Å². The number of aliphatic carboxylic acids is 1. The Balaban J connectivity index is 3.81. The summed E-state index contributed by atoms with van der Waals surface area (Å²) in [5.41, 5.74) is 0. The molecule has 4 nitrogen and oxygen atoms in total. The third-order valence-corrected chi connectivity index (χ3v) is 7.88. The zero-order chi connectivity index (χ0) is 30.8. The minimum absolute atomic E-state index is 0.00999. The molecule has 0 aliphatic carbocycles. The molecule has 0 saturated carbocycles. The van der Waals surface area contributed by atoms with Gasteiger partial charge >= 0.3 is 11.9 Å². The molecule has 1 atom stereocenters. The number of ether oxygens (including phenoxy) is 1. The fraction of sp³-hybridized carbons (Fsp3) is 0.789. The lowest BCUT2D eigenvalue weighted by atomic mass is 10.0. The van der Waals surface area contributed by atoms with E-state index in [1.807, 2.05) is 0 Å². The second-order valence-electron chi connectivity index (χ2n) is 12.0. The summed E-state index contributed by atoms with van der Waals surface area (Å²) in [5.74, 6) is -0.713. The number of carbonyl (C=O) groups excluding carboxylic acids is 1. The van der Waals surface area contributed by atoms with Gasteiger partial charge in [-0.25, -0.2) is 0 Å². The molecule has 0 aliphatic heterocycles. The van der Waals surface area contributed by atoms with E-state index in [4.69, 9.17) is 9.84 Å². The van der Waals surface area contributed by atoms with Gasteiger partial charge in [-0.05, 0) is 70.6 Å². The molecule has 0 spiro atoms. The third-order valence-electron chi connectivity index (χ3n) is 7.88. The van der Waals surface area contributed by atoms with Crippen LogP contribution in [0.1, 0.15) is 187 Å². The van der Waals surface area contributed by atoms with Crippen molar-refractivity contribution in [3.63, 3.8) is 0 Å². The zero-order valence-corrected chi connectivity index (χ0v) is 27.8. The van der Waals surface area contributed by atoms with E-state index in [1.165, 1.54) is 77.0 Å². The quantitative estimate of drug-likeness (QED) is 0.0482. The van der Waals surface area contributed by atoms with Crippen LogP contribution in [0.3, 0.4) is 0 Å². The second-order valence-corrected chi connectivity index (χ2v) is 12.0. The van der Waals surface area contributed by atoms with Crippen LogP contribution in [0.2, 0.25) is 0 Å². The SMILES string of the molecule is CC/C=C\C/C=C\C/C=C\CCCCCCCCCCCC(=O)OC(CCCCCCC)CCCCCCCC(=O)O. The van der Waals surface area contributed by atoms with Crippen molar-refractivity contribution in [2.24, 2.45) is 0 Å². The zero-order valence-electron chi connectivity index (χ0n) is 27.8. The Bertz CT molecular complexity index is 679. The highest BCUT2D eigenvalue weighted by Crippen LogP contribution is 2.18. The van der Waals surface area contributed by atoms with E-state index in [-0.39, 0.29) is 18.5 Å². The molecule has 0 aromatic carbocycles. The Morgan fingerprint density at radius 3 is 1.55 bits per heavy atom. The first-order valence-corrected chi connectivity index (χ1v) is 18.0. The molecule has 0 aromatic heterocycles. The molecule has 0 bridgehead atoms. The van der Waals surface area contributed by atoms with Crippen molar-refractivity contribution in [2.75, 3.05) is 0 Å². The van der Waals surface area contributed by atoms with Gasteiger partial charge in [0.05, 0.1) is 0 Å². The number of carboxylic acids is 1. The monoisotopic (exact) mass is 589 g/mol. The van der Waals surface area contributed by atoms with Crippen molar-refractivity contribution < 1.29 is 19.4 Å². The summed E-state index contributed by atoms with van der Waals surface area (Å²) in [6.07, 6.45) is 43.1. The minimum atomic E-state index is -0.703. The van der Waals surface area contributed by atoms with Gasteiger partial charge in [0.15, 0.2) is 0 Å². The van der Waals surface area contributed by atoms with Crippen LogP contribution < -0.4 is 0 Å². The molecule has 0 fully saturated rings. The largest absolute Gasteiger partial charge is 0.481 e. The molecule has 1 unspecified atom stereocenters. The predicted molar refractivity (Wildman–Crippen MR) is 181 cm³/mol. The van der Waals surface area contributed by atoms with Crippen molar-refractivity contribution in [1.29, 1.82) is 0 Å². The first kappa shape index (κ1) is 40.2. The van der Waals surface area contributed by atoms with Crippen molar-refractivity contribution >= 4 is 11.9 Å². The summed E-state index contributed by atoms with van der Waals surface area (Å²) in [4.78, 5) is 23.2. The van der Waals surface area contributed by atoms with Crippen LogP contribution in [0.5, 0.6) is 0 Å². The van der Waals surface area contributed by atoms with Gasteiger partial charge in [0.25, 0.3) is 0 Å². The lowest BCUT2D eigenvalue weighted by molar-refractivity contribution is -0.150. The molecule has 0 heterocycles. The van der Waals surface area contributed by atoms with Crippen molar-refractivity contribution in [3.05, 3.63) is 36.5 Å². The maximum Gasteiger partial charge on any atom is 0.306 e. The summed E-state index contributed by atoms with van der Waals surface area (Å²) in [5, 5.41) is 8.76. The molecule has 1 N–H and O–H groups in total. The van der Waals surface area contributed by atoms with Crippen LogP contribution in [0.25, 0.3) is 0 Å². The lowest BCUT2D eigenvalue weighted by Crippen LogP contribution is -2.18. The number of hydrogen-bond donors (Lipinski definition) is 1. The van der Waals surface area contributed by atoms with Gasteiger partial charge < -0.3 is 9.84 Å². The second kappa shape index (κ2) is 33.7. The summed E-state index contributed by atoms with van der Waals surface area (Å²) in [7, 11) is 0. The van der Waals surface area contributed by atoms with E-state index >= 15 is 0 Å². The Morgan fingerprint density at radius 1 is 0.548 bits per heavy atom. The Hall–Kier alpha value is -1.84. The first-order chi connectivity index (χ1) is 20.6. The maximum absolute atomic E-state index is 12.5. The van der Waals surface area contributed by atoms with E-state index in [1.54, 1.807) is 0 Å². The molecule has 42 heavy (non-hydrogen) atoms. The first-order valence-electron chi connectivity index (χ1n) is 18.0. The van der Waals surface area contributed by atoms with Crippen LogP contribution in [0.4, 0.5) is 0 Å². The smallest absolute Gasteiger partial charge is 0.306 e. The molecule has 0 aromatic rings. The topological polar surface area (TPSA) is 63.6 Å². The third kappa shape index (κ3) is 32.7. The van der Waals surface area contributed by atoms with E-state index < -0.39 is 5.97 Å². The van der Waals surface area contributed by atoms with Crippen molar-refractivity contribution in [1.82, 2.24) is 0 Å². The summed E-state index contributed by atoms with van der Waals surface area (Å²) in [6, 6.07) is 0. The molecule has 0 amide bonds. The fourth-order valence-corrected chi connectivity index (χ4v) is 5.26. The Kier molecular flexibility index (Phi) is 32.2. The Labute approximate surface area is 260 Å². The van der Waals surface area contributed by atoms with E-state index in [0.29, 0.717) is 6.42 Å². The van der Waals surface area contributed by atoms with Gasteiger partial charge in [-0.15, -0.1) is 0 Å². The number of hydrogen-bond acceptors (Lipinski definition) is 3. The van der Waals surface area contributed by atoms with Gasteiger partial charge in [0.2, 0.25) is 0 Å². The van der Waals surface area contributed by atoms with Crippen LogP contribution in [-0.4, -0.2) is 23.1 Å². The van der Waals surface area contributed by atoms with Crippen LogP contribution >= 0.6 is 0 Å². The van der Waals surface area contributed by atoms with E-state index in [2.05, 4.69) is 50.3 Å². The molecular weight excluding hydrogens is 520 g/mol. The molecule has 0 rings (SSSR count). The maximum atomic E-state index is 12.5. The van der Waals surface area contributed by atoms with Gasteiger partial charge in [-0.2, -0.15) is 0 Å². The molecule has 4 heteroatoms. The number of unbranched alkanes of at least 4 members (excludes halogenated alkanes) is 17. The summed E-state index contributed by atoms with van der Waals surface area (Å²) < 4.78 is 5.93. The highest BCUT2D eigenvalue weighted by Gasteiger charge is 2.14. The number of allylic oxidation sites excluding steroid dienone is 6. The average molecular weight is 589 g/mol. The van der Waals surface area contributed by atoms with Gasteiger partial charge in [0.1, 0.15) is 6.10 Å². The molecule has 0 saturated heterocycles. The van der Waals surface area contributed by atoms with Crippen molar-refractivity contribution in [2.45, 2.75) is 193 Å². The highest BCUT2D eigenvalue weighted by molar-refractivity contribution is 5.69. The van der Waals surface area contributed by atoms with Crippen LogP contribution in [-0.2, 0) is 14.3 Å². The predicted octanol–water partition coefficient (Wildman–Crippen LogP) is 12.2.